The van der Waals surface area contributed by atoms with E-state index in [9.17, 15) is 0 Å². The number of hydrogen-bond donors (Lipinski definition) is 1. The highest BCUT2D eigenvalue weighted by Crippen LogP contribution is 2.33. The molecule has 5 nitrogen and oxygen atoms in total. The molecule has 2 heterocycles. The fourth-order valence-corrected chi connectivity index (χ4v) is 2.43. The zero-order valence-corrected chi connectivity index (χ0v) is 11.4. The molecule has 0 saturated carbocycles. The van der Waals surface area contributed by atoms with E-state index >= 15 is 0 Å². The molecule has 1 fully saturated rings. The summed E-state index contributed by atoms with van der Waals surface area (Å²) >= 11 is 0. The van der Waals surface area contributed by atoms with Gasteiger partial charge in [-0.1, -0.05) is 6.92 Å². The number of methoxy groups -OCH3 is 1. The van der Waals surface area contributed by atoms with Gasteiger partial charge >= 0.3 is 0 Å². The van der Waals surface area contributed by atoms with Crippen molar-refractivity contribution < 1.29 is 4.74 Å². The molecule has 1 unspecified atom stereocenters. The maximum atomic E-state index is 5.46. The van der Waals surface area contributed by atoms with E-state index in [1.54, 1.807) is 13.4 Å². The largest absolute Gasteiger partial charge is 0.490 e. The smallest absolute Gasteiger partial charge is 0.204 e. The van der Waals surface area contributed by atoms with Crippen molar-refractivity contribution in [2.75, 3.05) is 37.5 Å². The minimum Gasteiger partial charge on any atom is -0.490 e. The van der Waals surface area contributed by atoms with E-state index in [1.807, 2.05) is 7.05 Å². The normalized spacial score (nSPS) is 20.4. The van der Waals surface area contributed by atoms with Crippen molar-refractivity contribution in [1.82, 2.24) is 9.97 Å². The van der Waals surface area contributed by atoms with Gasteiger partial charge in [-0.25, -0.2) is 9.97 Å². The molecule has 1 saturated heterocycles. The second-order valence-corrected chi connectivity index (χ2v) is 4.85. The molecule has 0 bridgehead atoms. The van der Waals surface area contributed by atoms with Crippen LogP contribution in [0.25, 0.3) is 0 Å². The lowest BCUT2D eigenvalue weighted by Crippen LogP contribution is -2.26. The molecule has 0 radical (unpaired) electrons. The van der Waals surface area contributed by atoms with Crippen LogP contribution in [0.1, 0.15) is 26.2 Å². The van der Waals surface area contributed by atoms with Crippen molar-refractivity contribution in [1.29, 1.82) is 0 Å². The zero-order valence-electron chi connectivity index (χ0n) is 11.4. The van der Waals surface area contributed by atoms with Crippen LogP contribution in [-0.2, 0) is 0 Å². The summed E-state index contributed by atoms with van der Waals surface area (Å²) in [6, 6.07) is 0. The Morgan fingerprint density at radius 1 is 1.33 bits per heavy atom. The molecule has 100 valence electrons. The van der Waals surface area contributed by atoms with Crippen LogP contribution >= 0.6 is 0 Å². The lowest BCUT2D eigenvalue weighted by molar-refractivity contribution is 0.412. The van der Waals surface area contributed by atoms with Crippen LogP contribution in [0, 0.1) is 5.92 Å². The molecule has 0 aliphatic carbocycles. The first-order valence-electron chi connectivity index (χ1n) is 6.58. The fourth-order valence-electron chi connectivity index (χ4n) is 2.43. The van der Waals surface area contributed by atoms with Crippen LogP contribution in [0.5, 0.6) is 5.75 Å². The molecule has 18 heavy (non-hydrogen) atoms. The van der Waals surface area contributed by atoms with Crippen molar-refractivity contribution in [3.8, 4) is 5.75 Å². The van der Waals surface area contributed by atoms with E-state index in [-0.39, 0.29) is 0 Å². The number of aromatic nitrogens is 2. The lowest BCUT2D eigenvalue weighted by atomic mass is 10.0. The number of rotatable bonds is 3. The van der Waals surface area contributed by atoms with Gasteiger partial charge in [0.25, 0.3) is 0 Å². The quantitative estimate of drug-likeness (QED) is 0.890. The molecule has 5 heteroatoms. The Labute approximate surface area is 109 Å². The first kappa shape index (κ1) is 12.9. The van der Waals surface area contributed by atoms with E-state index in [2.05, 4.69) is 27.1 Å². The third kappa shape index (κ3) is 2.66. The summed E-state index contributed by atoms with van der Waals surface area (Å²) in [6.07, 6.45) is 5.31. The zero-order chi connectivity index (χ0) is 13.0. The van der Waals surface area contributed by atoms with Crippen LogP contribution < -0.4 is 15.0 Å². The van der Waals surface area contributed by atoms with Gasteiger partial charge in [0.05, 0.1) is 7.11 Å². The van der Waals surface area contributed by atoms with Gasteiger partial charge in [0.15, 0.2) is 11.6 Å². The van der Waals surface area contributed by atoms with Crippen molar-refractivity contribution in [3.63, 3.8) is 0 Å². The Morgan fingerprint density at radius 3 is 2.89 bits per heavy atom. The topological polar surface area (TPSA) is 50.3 Å². The molecule has 0 amide bonds. The predicted molar refractivity (Wildman–Crippen MR) is 73.4 cm³/mol. The Morgan fingerprint density at radius 2 is 2.17 bits per heavy atom. The summed E-state index contributed by atoms with van der Waals surface area (Å²) in [5.41, 5.74) is 0. The number of anilines is 2. The molecule has 2 rings (SSSR count). The predicted octanol–water partition coefficient (Wildman–Crippen LogP) is 2.15. The van der Waals surface area contributed by atoms with Crippen molar-refractivity contribution >= 4 is 11.6 Å². The maximum absolute atomic E-state index is 5.46. The molecule has 1 aliphatic heterocycles. The summed E-state index contributed by atoms with van der Waals surface area (Å²) in [5, 5.41) is 3.05. The fraction of sp³-hybridized carbons (Fsp3) is 0.692. The van der Waals surface area contributed by atoms with Gasteiger partial charge in [0, 0.05) is 20.1 Å². The van der Waals surface area contributed by atoms with E-state index in [0.29, 0.717) is 0 Å². The van der Waals surface area contributed by atoms with Gasteiger partial charge in [0.2, 0.25) is 5.75 Å². The van der Waals surface area contributed by atoms with Crippen molar-refractivity contribution in [3.05, 3.63) is 6.33 Å². The Balaban J connectivity index is 2.26. The van der Waals surface area contributed by atoms with Crippen LogP contribution in [0.4, 0.5) is 11.6 Å². The Kier molecular flexibility index (Phi) is 4.23. The molecule has 1 aromatic rings. The summed E-state index contributed by atoms with van der Waals surface area (Å²) in [7, 11) is 3.52. The minimum atomic E-state index is 0.745. The molecule has 0 spiro atoms. The van der Waals surface area contributed by atoms with E-state index in [0.717, 1.165) is 36.4 Å². The number of nitrogens with zero attached hydrogens (tertiary/aromatic N) is 3. The van der Waals surface area contributed by atoms with Crippen LogP contribution in [0.3, 0.4) is 0 Å². The Hall–Kier alpha value is -1.52. The molecular formula is C13H22N4O. The summed E-state index contributed by atoms with van der Waals surface area (Å²) < 4.78 is 5.46. The second kappa shape index (κ2) is 5.89. The first-order chi connectivity index (χ1) is 8.76. The van der Waals surface area contributed by atoms with E-state index in [1.165, 1.54) is 19.3 Å². The van der Waals surface area contributed by atoms with Crippen LogP contribution in [-0.4, -0.2) is 37.2 Å². The van der Waals surface area contributed by atoms with Crippen LogP contribution in [0.15, 0.2) is 6.33 Å². The third-order valence-electron chi connectivity index (χ3n) is 3.54. The highest BCUT2D eigenvalue weighted by Gasteiger charge is 2.20. The average Bonchev–Trinajstić information content (AvgIpc) is 2.62. The lowest BCUT2D eigenvalue weighted by Gasteiger charge is -2.24. The monoisotopic (exact) mass is 250 g/mol. The SMILES string of the molecule is CNc1ncnc(N2CCCC(C)CC2)c1OC. The summed E-state index contributed by atoms with van der Waals surface area (Å²) in [4.78, 5) is 10.9. The molecule has 0 aromatic carbocycles. The number of ether oxygens (including phenoxy) is 1. The Bertz CT molecular complexity index is 397. The van der Waals surface area contributed by atoms with Gasteiger partial charge < -0.3 is 15.0 Å². The molecule has 1 N–H and O–H groups in total. The highest BCUT2D eigenvalue weighted by atomic mass is 16.5. The second-order valence-electron chi connectivity index (χ2n) is 4.85. The average molecular weight is 250 g/mol. The van der Waals surface area contributed by atoms with Gasteiger partial charge in [-0.05, 0) is 25.2 Å². The molecule has 1 atom stereocenters. The standard InChI is InChI=1S/C13H22N4O/c1-10-5-4-7-17(8-6-10)13-11(18-3)12(14-2)15-9-16-13/h9-10H,4-8H2,1-3H3,(H,14,15,16). The molecular weight excluding hydrogens is 228 g/mol. The van der Waals surface area contributed by atoms with Gasteiger partial charge in [-0.3, -0.25) is 0 Å². The van der Waals surface area contributed by atoms with Gasteiger partial charge in [0.1, 0.15) is 6.33 Å². The van der Waals surface area contributed by atoms with E-state index < -0.39 is 0 Å². The van der Waals surface area contributed by atoms with Crippen molar-refractivity contribution in [2.24, 2.45) is 5.92 Å². The summed E-state index contributed by atoms with van der Waals surface area (Å²) in [6.45, 7) is 4.40. The third-order valence-corrected chi connectivity index (χ3v) is 3.54. The summed E-state index contributed by atoms with van der Waals surface area (Å²) in [5.74, 6) is 3.20. The highest BCUT2D eigenvalue weighted by molar-refractivity contribution is 5.64. The molecule has 1 aliphatic rings. The van der Waals surface area contributed by atoms with Gasteiger partial charge in [-0.2, -0.15) is 0 Å². The number of nitrogens with one attached hydrogen (secondary N) is 1. The van der Waals surface area contributed by atoms with Crippen molar-refractivity contribution in [2.45, 2.75) is 26.2 Å². The maximum Gasteiger partial charge on any atom is 0.204 e. The molecule has 1 aromatic heterocycles. The minimum absolute atomic E-state index is 0.745. The van der Waals surface area contributed by atoms with E-state index in [4.69, 9.17) is 4.74 Å². The van der Waals surface area contributed by atoms with Crippen LogP contribution in [0.2, 0.25) is 0 Å². The first-order valence-corrected chi connectivity index (χ1v) is 6.58. The number of hydrogen-bond acceptors (Lipinski definition) is 5. The van der Waals surface area contributed by atoms with Gasteiger partial charge in [-0.15, -0.1) is 0 Å².